The van der Waals surface area contributed by atoms with Crippen molar-refractivity contribution in [3.05, 3.63) is 11.3 Å². The van der Waals surface area contributed by atoms with Gasteiger partial charge in [0.2, 0.25) is 5.88 Å². The number of anilines is 1. The smallest absolute Gasteiger partial charge is 0.225 e. The molecule has 0 saturated carbocycles. The van der Waals surface area contributed by atoms with Gasteiger partial charge in [0.05, 0.1) is 5.69 Å². The van der Waals surface area contributed by atoms with Gasteiger partial charge < -0.3 is 10.3 Å². The van der Waals surface area contributed by atoms with Crippen molar-refractivity contribution in [2.45, 2.75) is 65.7 Å². The van der Waals surface area contributed by atoms with E-state index >= 15 is 0 Å². The van der Waals surface area contributed by atoms with Crippen LogP contribution < -0.4 is 5.73 Å². The Kier molecular flexibility index (Phi) is 5.52. The second kappa shape index (κ2) is 6.67. The van der Waals surface area contributed by atoms with Gasteiger partial charge in [-0.2, -0.15) is 0 Å². The summed E-state index contributed by atoms with van der Waals surface area (Å²) in [5.74, 6) is 1.60. The molecule has 1 atom stereocenters. The van der Waals surface area contributed by atoms with Gasteiger partial charge in [0, 0.05) is 11.5 Å². The lowest BCUT2D eigenvalue weighted by atomic mass is 9.90. The van der Waals surface area contributed by atoms with E-state index in [1.807, 2.05) is 0 Å². The summed E-state index contributed by atoms with van der Waals surface area (Å²) in [6.45, 7) is 8.83. The number of unbranched alkanes of at least 4 members (excludes halogenated alkanes) is 1. The Bertz CT molecular complexity index is 331. The summed E-state index contributed by atoms with van der Waals surface area (Å²) in [6.07, 6.45) is 5.73. The maximum Gasteiger partial charge on any atom is 0.225 e. The van der Waals surface area contributed by atoms with Crippen LogP contribution in [0.25, 0.3) is 0 Å². The summed E-state index contributed by atoms with van der Waals surface area (Å²) in [6, 6.07) is 0. The van der Waals surface area contributed by atoms with Crippen molar-refractivity contribution in [2.75, 3.05) is 5.73 Å². The Morgan fingerprint density at radius 1 is 1.29 bits per heavy atom. The van der Waals surface area contributed by atoms with Crippen molar-refractivity contribution in [3.8, 4) is 0 Å². The quantitative estimate of drug-likeness (QED) is 0.776. The molecule has 17 heavy (non-hydrogen) atoms. The summed E-state index contributed by atoms with van der Waals surface area (Å²) in [5, 5.41) is 4.19. The fraction of sp³-hybridized carbons (Fsp3) is 0.786. The molecule has 1 aromatic heterocycles. The standard InChI is InChI=1S/C14H26N2O/c1-5-7-8-11(6-2)13-12(9-10(3)4)14(15)17-16-13/h10-11H,5-9,15H2,1-4H3. The van der Waals surface area contributed by atoms with Crippen LogP contribution in [0.15, 0.2) is 4.52 Å². The number of hydrogen-bond donors (Lipinski definition) is 1. The van der Waals surface area contributed by atoms with Gasteiger partial charge in [0.15, 0.2) is 0 Å². The van der Waals surface area contributed by atoms with Crippen molar-refractivity contribution in [2.24, 2.45) is 5.92 Å². The summed E-state index contributed by atoms with van der Waals surface area (Å²) in [4.78, 5) is 0. The van der Waals surface area contributed by atoms with Crippen LogP contribution in [-0.2, 0) is 6.42 Å². The average Bonchev–Trinajstić information content (AvgIpc) is 2.62. The molecule has 0 fully saturated rings. The molecule has 0 aliphatic carbocycles. The summed E-state index contributed by atoms with van der Waals surface area (Å²) < 4.78 is 5.19. The molecule has 0 aromatic carbocycles. The Morgan fingerprint density at radius 2 is 2.00 bits per heavy atom. The first-order valence-corrected chi connectivity index (χ1v) is 6.83. The highest BCUT2D eigenvalue weighted by atomic mass is 16.5. The van der Waals surface area contributed by atoms with E-state index in [2.05, 4.69) is 32.9 Å². The summed E-state index contributed by atoms with van der Waals surface area (Å²) in [5.41, 5.74) is 8.13. The molecule has 0 amide bonds. The molecule has 3 nitrogen and oxygen atoms in total. The SMILES string of the molecule is CCCCC(CC)c1noc(N)c1CC(C)C. The molecule has 98 valence electrons. The first-order chi connectivity index (χ1) is 8.10. The molecule has 0 saturated heterocycles. The zero-order valence-corrected chi connectivity index (χ0v) is 11.6. The fourth-order valence-corrected chi connectivity index (χ4v) is 2.25. The minimum absolute atomic E-state index is 0.504. The average molecular weight is 238 g/mol. The van der Waals surface area contributed by atoms with Crippen LogP contribution in [0.5, 0.6) is 0 Å². The number of aromatic nitrogens is 1. The zero-order valence-electron chi connectivity index (χ0n) is 11.6. The molecule has 0 spiro atoms. The molecule has 2 N–H and O–H groups in total. The van der Waals surface area contributed by atoms with Gasteiger partial charge >= 0.3 is 0 Å². The van der Waals surface area contributed by atoms with Crippen molar-refractivity contribution in [1.82, 2.24) is 5.16 Å². The molecule has 1 rings (SSSR count). The van der Waals surface area contributed by atoms with Crippen LogP contribution in [0, 0.1) is 5.92 Å². The fourth-order valence-electron chi connectivity index (χ4n) is 2.25. The van der Waals surface area contributed by atoms with Gasteiger partial charge in [0.1, 0.15) is 0 Å². The minimum atomic E-state index is 0.504. The van der Waals surface area contributed by atoms with E-state index in [0.717, 1.165) is 24.1 Å². The Balaban J connectivity index is 2.86. The molecule has 1 heterocycles. The molecule has 3 heteroatoms. The third-order valence-corrected chi connectivity index (χ3v) is 3.25. The van der Waals surface area contributed by atoms with Crippen LogP contribution in [0.3, 0.4) is 0 Å². The first kappa shape index (κ1) is 14.1. The Hall–Kier alpha value is -0.990. The molecular weight excluding hydrogens is 212 g/mol. The van der Waals surface area contributed by atoms with Crippen LogP contribution >= 0.6 is 0 Å². The van der Waals surface area contributed by atoms with E-state index < -0.39 is 0 Å². The summed E-state index contributed by atoms with van der Waals surface area (Å²) in [7, 11) is 0. The number of nitrogens with two attached hydrogens (primary N) is 1. The lowest BCUT2D eigenvalue weighted by Crippen LogP contribution is -2.05. The van der Waals surface area contributed by atoms with Crippen LogP contribution in [-0.4, -0.2) is 5.16 Å². The number of hydrogen-bond acceptors (Lipinski definition) is 3. The predicted octanol–water partition coefficient (Wildman–Crippen LogP) is 4.14. The van der Waals surface area contributed by atoms with Crippen LogP contribution in [0.2, 0.25) is 0 Å². The molecule has 0 aliphatic rings. The second-order valence-electron chi connectivity index (χ2n) is 5.26. The van der Waals surface area contributed by atoms with Gasteiger partial charge in [-0.15, -0.1) is 0 Å². The minimum Gasteiger partial charge on any atom is -0.367 e. The van der Waals surface area contributed by atoms with E-state index in [1.54, 1.807) is 0 Å². The largest absolute Gasteiger partial charge is 0.367 e. The normalized spacial score (nSPS) is 13.2. The van der Waals surface area contributed by atoms with Gasteiger partial charge in [-0.05, 0) is 25.2 Å². The van der Waals surface area contributed by atoms with Crippen molar-refractivity contribution < 1.29 is 4.52 Å². The van der Waals surface area contributed by atoms with Gasteiger partial charge in [-0.3, -0.25) is 0 Å². The summed E-state index contributed by atoms with van der Waals surface area (Å²) >= 11 is 0. The maximum absolute atomic E-state index is 5.88. The lowest BCUT2D eigenvalue weighted by molar-refractivity contribution is 0.412. The Labute approximate surface area is 105 Å². The number of nitrogen functional groups attached to an aromatic ring is 1. The van der Waals surface area contributed by atoms with Gasteiger partial charge in [-0.25, -0.2) is 0 Å². The number of rotatable bonds is 7. The predicted molar refractivity (Wildman–Crippen MR) is 72.0 cm³/mol. The van der Waals surface area contributed by atoms with Gasteiger partial charge in [0.25, 0.3) is 0 Å². The highest BCUT2D eigenvalue weighted by Gasteiger charge is 2.21. The lowest BCUT2D eigenvalue weighted by Gasteiger charge is -2.14. The van der Waals surface area contributed by atoms with E-state index in [0.29, 0.717) is 17.7 Å². The van der Waals surface area contributed by atoms with E-state index in [4.69, 9.17) is 10.3 Å². The third-order valence-electron chi connectivity index (χ3n) is 3.25. The first-order valence-electron chi connectivity index (χ1n) is 6.83. The molecule has 1 unspecified atom stereocenters. The van der Waals surface area contributed by atoms with E-state index in [9.17, 15) is 0 Å². The third kappa shape index (κ3) is 3.76. The molecular formula is C14H26N2O. The van der Waals surface area contributed by atoms with Crippen molar-refractivity contribution in [1.29, 1.82) is 0 Å². The van der Waals surface area contributed by atoms with Crippen LogP contribution in [0.4, 0.5) is 5.88 Å². The molecule has 0 bridgehead atoms. The zero-order chi connectivity index (χ0) is 12.8. The van der Waals surface area contributed by atoms with E-state index in [1.165, 1.54) is 19.3 Å². The Morgan fingerprint density at radius 3 is 2.53 bits per heavy atom. The maximum atomic E-state index is 5.88. The topological polar surface area (TPSA) is 52.0 Å². The highest BCUT2D eigenvalue weighted by molar-refractivity contribution is 5.40. The van der Waals surface area contributed by atoms with Crippen molar-refractivity contribution >= 4 is 5.88 Å². The molecule has 0 radical (unpaired) electrons. The van der Waals surface area contributed by atoms with Crippen molar-refractivity contribution in [3.63, 3.8) is 0 Å². The molecule has 0 aliphatic heterocycles. The second-order valence-corrected chi connectivity index (χ2v) is 5.26. The monoisotopic (exact) mass is 238 g/mol. The highest BCUT2D eigenvalue weighted by Crippen LogP contribution is 2.31. The number of nitrogens with zero attached hydrogens (tertiary/aromatic N) is 1. The van der Waals surface area contributed by atoms with Gasteiger partial charge in [-0.1, -0.05) is 45.7 Å². The molecule has 1 aromatic rings. The van der Waals surface area contributed by atoms with Crippen LogP contribution in [0.1, 0.15) is 70.6 Å². The van der Waals surface area contributed by atoms with E-state index in [-0.39, 0.29) is 0 Å².